The summed E-state index contributed by atoms with van der Waals surface area (Å²) < 4.78 is 0. The third-order valence-corrected chi connectivity index (χ3v) is 2.21. The minimum absolute atomic E-state index is 0. The van der Waals surface area contributed by atoms with Gasteiger partial charge in [-0.25, -0.2) is 0 Å². The zero-order valence-corrected chi connectivity index (χ0v) is 11.2. The fraction of sp³-hybridized carbons (Fsp3) is 0.529. The Bertz CT molecular complexity index is 255. The lowest BCUT2D eigenvalue weighted by molar-refractivity contribution is 0.983. The Labute approximate surface area is 109 Å². The monoisotopic (exact) mass is 234 g/mol. The van der Waals surface area contributed by atoms with Crippen molar-refractivity contribution >= 4 is 6.08 Å². The molecule has 0 saturated heterocycles. The maximum Gasteiger partial charge on any atom is -0.0260 e. The zero-order chi connectivity index (χ0) is 12.2. The highest BCUT2D eigenvalue weighted by molar-refractivity contribution is 5.48. The molecule has 0 amide bonds. The summed E-state index contributed by atoms with van der Waals surface area (Å²) >= 11 is 0. The lowest BCUT2D eigenvalue weighted by atomic mass is 10.2. The molecule has 0 unspecified atom stereocenters. The number of allylic oxidation sites excluding steroid dienone is 1. The standard InChI is InChI=1S/C10H12.C4H8.C2H6.CH4/c1-2-3-7-10-8-5-4-6-9-10;1-4-2-3-4;1-2;/h3-9H,2H2,1H3;4H,2-3H2,1H3;1-2H3;1H4/b7-3-;;;. The fourth-order valence-electron chi connectivity index (χ4n) is 0.985. The molecule has 0 spiro atoms. The van der Waals surface area contributed by atoms with Crippen molar-refractivity contribution in [3.8, 4) is 0 Å². The van der Waals surface area contributed by atoms with Gasteiger partial charge in [-0.15, -0.1) is 0 Å². The molecule has 2 rings (SSSR count). The molecule has 98 valence electrons. The first kappa shape index (κ1) is 18.3. The van der Waals surface area contributed by atoms with Crippen LogP contribution < -0.4 is 0 Å². The summed E-state index contributed by atoms with van der Waals surface area (Å²) in [6.45, 7) is 8.42. The molecule has 1 fully saturated rings. The van der Waals surface area contributed by atoms with E-state index in [0.717, 1.165) is 12.3 Å². The lowest BCUT2D eigenvalue weighted by Gasteiger charge is -1.88. The molecule has 0 aliphatic heterocycles. The molecular formula is C17H30. The molecule has 0 heterocycles. The minimum atomic E-state index is 0. The number of hydrogen-bond donors (Lipinski definition) is 0. The average Bonchev–Trinajstić information content (AvgIpc) is 3.14. The van der Waals surface area contributed by atoms with Gasteiger partial charge < -0.3 is 0 Å². The molecule has 0 nitrogen and oxygen atoms in total. The number of hydrogen-bond acceptors (Lipinski definition) is 0. The van der Waals surface area contributed by atoms with Gasteiger partial charge >= 0.3 is 0 Å². The molecule has 1 aliphatic rings. The predicted octanol–water partition coefficient (Wildman–Crippen LogP) is 6.19. The topological polar surface area (TPSA) is 0 Å². The van der Waals surface area contributed by atoms with Gasteiger partial charge in [0.05, 0.1) is 0 Å². The SMILES string of the molecule is C.CC.CC/C=C\c1ccccc1.CC1CC1. The summed E-state index contributed by atoms with van der Waals surface area (Å²) in [7, 11) is 0. The van der Waals surface area contributed by atoms with E-state index in [2.05, 4.69) is 50.3 Å². The smallest absolute Gasteiger partial charge is 0.0260 e. The van der Waals surface area contributed by atoms with E-state index in [1.807, 2.05) is 19.9 Å². The van der Waals surface area contributed by atoms with Gasteiger partial charge in [-0.05, 0) is 17.9 Å². The highest BCUT2D eigenvalue weighted by atomic mass is 14.2. The van der Waals surface area contributed by atoms with Crippen LogP contribution in [0.3, 0.4) is 0 Å². The third-order valence-electron chi connectivity index (χ3n) is 2.21. The molecule has 1 aliphatic carbocycles. The first-order valence-corrected chi connectivity index (χ1v) is 6.54. The Morgan fingerprint density at radius 3 is 1.94 bits per heavy atom. The van der Waals surface area contributed by atoms with Crippen LogP contribution in [0.2, 0.25) is 0 Å². The second kappa shape index (κ2) is 13.0. The molecule has 0 radical (unpaired) electrons. The van der Waals surface area contributed by atoms with Gasteiger partial charge in [0.2, 0.25) is 0 Å². The molecule has 1 saturated carbocycles. The van der Waals surface area contributed by atoms with E-state index in [1.165, 1.54) is 18.4 Å². The molecule has 1 aromatic rings. The molecule has 0 bridgehead atoms. The molecule has 0 atom stereocenters. The van der Waals surface area contributed by atoms with Gasteiger partial charge in [0.1, 0.15) is 0 Å². The molecule has 17 heavy (non-hydrogen) atoms. The van der Waals surface area contributed by atoms with Crippen LogP contribution >= 0.6 is 0 Å². The van der Waals surface area contributed by atoms with Gasteiger partial charge in [0.25, 0.3) is 0 Å². The fourth-order valence-corrected chi connectivity index (χ4v) is 0.985. The molecular weight excluding hydrogens is 204 g/mol. The average molecular weight is 234 g/mol. The van der Waals surface area contributed by atoms with Crippen LogP contribution in [0, 0.1) is 5.92 Å². The van der Waals surface area contributed by atoms with Crippen LogP contribution in [-0.4, -0.2) is 0 Å². The Morgan fingerprint density at radius 1 is 1.12 bits per heavy atom. The van der Waals surface area contributed by atoms with Crippen LogP contribution in [0.25, 0.3) is 6.08 Å². The largest absolute Gasteiger partial charge is 0.0842 e. The number of rotatable bonds is 2. The van der Waals surface area contributed by atoms with Crippen LogP contribution in [0.4, 0.5) is 0 Å². The third kappa shape index (κ3) is 12.9. The summed E-state index contributed by atoms with van der Waals surface area (Å²) in [5.74, 6) is 1.08. The quantitative estimate of drug-likeness (QED) is 0.572. The van der Waals surface area contributed by atoms with Crippen LogP contribution in [-0.2, 0) is 0 Å². The summed E-state index contributed by atoms with van der Waals surface area (Å²) in [5.41, 5.74) is 1.28. The first-order valence-electron chi connectivity index (χ1n) is 6.54. The van der Waals surface area contributed by atoms with Crippen molar-refractivity contribution in [1.29, 1.82) is 0 Å². The second-order valence-corrected chi connectivity index (χ2v) is 3.90. The summed E-state index contributed by atoms with van der Waals surface area (Å²) in [5, 5.41) is 0. The van der Waals surface area contributed by atoms with Crippen molar-refractivity contribution in [3.05, 3.63) is 42.0 Å². The maximum absolute atomic E-state index is 2.28. The Balaban J connectivity index is 0. The Hall–Kier alpha value is -1.04. The van der Waals surface area contributed by atoms with Crippen molar-refractivity contribution in [3.63, 3.8) is 0 Å². The van der Waals surface area contributed by atoms with Gasteiger partial charge in [-0.3, -0.25) is 0 Å². The maximum atomic E-state index is 2.28. The van der Waals surface area contributed by atoms with Crippen molar-refractivity contribution in [1.82, 2.24) is 0 Å². The van der Waals surface area contributed by atoms with E-state index in [0.29, 0.717) is 0 Å². The van der Waals surface area contributed by atoms with Gasteiger partial charge in [-0.2, -0.15) is 0 Å². The van der Waals surface area contributed by atoms with Crippen molar-refractivity contribution in [2.24, 2.45) is 5.92 Å². The van der Waals surface area contributed by atoms with Crippen molar-refractivity contribution in [2.75, 3.05) is 0 Å². The van der Waals surface area contributed by atoms with E-state index < -0.39 is 0 Å². The van der Waals surface area contributed by atoms with Gasteiger partial charge in [-0.1, -0.05) is 90.4 Å². The Morgan fingerprint density at radius 2 is 1.59 bits per heavy atom. The Kier molecular flexibility index (Phi) is 14.0. The number of benzene rings is 1. The van der Waals surface area contributed by atoms with Crippen LogP contribution in [0.15, 0.2) is 36.4 Å². The van der Waals surface area contributed by atoms with Crippen LogP contribution in [0.5, 0.6) is 0 Å². The van der Waals surface area contributed by atoms with Crippen LogP contribution in [0.1, 0.15) is 59.9 Å². The summed E-state index contributed by atoms with van der Waals surface area (Å²) in [6, 6.07) is 10.3. The predicted molar refractivity (Wildman–Crippen MR) is 82.2 cm³/mol. The summed E-state index contributed by atoms with van der Waals surface area (Å²) in [4.78, 5) is 0. The normalized spacial score (nSPS) is 12.7. The molecule has 0 heteroatoms. The highest BCUT2D eigenvalue weighted by Crippen LogP contribution is 2.26. The summed E-state index contributed by atoms with van der Waals surface area (Å²) in [6.07, 6.45) is 8.38. The minimum Gasteiger partial charge on any atom is -0.0842 e. The van der Waals surface area contributed by atoms with E-state index in [-0.39, 0.29) is 7.43 Å². The molecule has 0 N–H and O–H groups in total. The van der Waals surface area contributed by atoms with E-state index in [9.17, 15) is 0 Å². The van der Waals surface area contributed by atoms with E-state index in [1.54, 1.807) is 0 Å². The highest BCUT2D eigenvalue weighted by Gasteiger charge is 2.12. The second-order valence-electron chi connectivity index (χ2n) is 3.90. The zero-order valence-electron chi connectivity index (χ0n) is 11.2. The van der Waals surface area contributed by atoms with E-state index in [4.69, 9.17) is 0 Å². The van der Waals surface area contributed by atoms with Crippen molar-refractivity contribution in [2.45, 2.75) is 54.4 Å². The molecule has 0 aromatic heterocycles. The first-order chi connectivity index (χ1) is 7.83. The van der Waals surface area contributed by atoms with Crippen molar-refractivity contribution < 1.29 is 0 Å². The lowest BCUT2D eigenvalue weighted by Crippen LogP contribution is -1.66. The van der Waals surface area contributed by atoms with E-state index >= 15 is 0 Å². The van der Waals surface area contributed by atoms with Gasteiger partial charge in [0.15, 0.2) is 0 Å². The molecule has 1 aromatic carbocycles. The van der Waals surface area contributed by atoms with Gasteiger partial charge in [0, 0.05) is 0 Å².